The molecule has 0 amide bonds. The van der Waals surface area contributed by atoms with Gasteiger partial charge in [-0.25, -0.2) is 9.78 Å². The molecule has 0 radical (unpaired) electrons. The van der Waals surface area contributed by atoms with Crippen molar-refractivity contribution in [3.8, 4) is 0 Å². The van der Waals surface area contributed by atoms with Gasteiger partial charge >= 0.3 is 5.97 Å². The van der Waals surface area contributed by atoms with Crippen molar-refractivity contribution >= 4 is 17.0 Å². The van der Waals surface area contributed by atoms with Crippen LogP contribution in [0.3, 0.4) is 0 Å². The summed E-state index contributed by atoms with van der Waals surface area (Å²) in [6.45, 7) is 6.33. The average molecular weight is 289 g/mol. The van der Waals surface area contributed by atoms with Crippen LogP contribution in [0.2, 0.25) is 0 Å². The molecule has 112 valence electrons. The number of morpholine rings is 1. The third-order valence-electron chi connectivity index (χ3n) is 3.52. The molecule has 1 saturated heterocycles. The number of nitrogens with zero attached hydrogens (tertiary/aromatic N) is 2. The first-order valence-electron chi connectivity index (χ1n) is 7.22. The van der Waals surface area contributed by atoms with Crippen molar-refractivity contribution in [1.82, 2.24) is 14.9 Å². The quantitative estimate of drug-likeness (QED) is 0.865. The molecule has 1 aliphatic heterocycles. The molecule has 1 aromatic carbocycles. The van der Waals surface area contributed by atoms with Crippen LogP contribution in [0.4, 0.5) is 0 Å². The largest absolute Gasteiger partial charge is 0.462 e. The van der Waals surface area contributed by atoms with E-state index in [0.717, 1.165) is 49.7 Å². The Morgan fingerprint density at radius 3 is 3.00 bits per heavy atom. The summed E-state index contributed by atoms with van der Waals surface area (Å²) in [4.78, 5) is 21.9. The second-order valence-corrected chi connectivity index (χ2v) is 5.02. The van der Waals surface area contributed by atoms with Crippen molar-refractivity contribution in [2.45, 2.75) is 13.5 Å². The molecule has 0 spiro atoms. The maximum Gasteiger partial charge on any atom is 0.338 e. The summed E-state index contributed by atoms with van der Waals surface area (Å²) in [5, 5.41) is 0. The molecular weight excluding hydrogens is 270 g/mol. The maximum absolute atomic E-state index is 11.7. The number of aromatic amines is 1. The lowest BCUT2D eigenvalue weighted by Crippen LogP contribution is -2.35. The number of carbonyl (C=O) groups is 1. The molecule has 1 fully saturated rings. The fourth-order valence-corrected chi connectivity index (χ4v) is 2.45. The van der Waals surface area contributed by atoms with Crippen LogP contribution in [0.25, 0.3) is 11.0 Å². The van der Waals surface area contributed by atoms with E-state index < -0.39 is 0 Å². The summed E-state index contributed by atoms with van der Waals surface area (Å²) in [5.74, 6) is 0.608. The predicted octanol–water partition coefficient (Wildman–Crippen LogP) is 1.57. The molecule has 3 rings (SSSR count). The van der Waals surface area contributed by atoms with Crippen molar-refractivity contribution < 1.29 is 14.3 Å². The van der Waals surface area contributed by atoms with Crippen molar-refractivity contribution in [2.24, 2.45) is 0 Å². The first-order valence-corrected chi connectivity index (χ1v) is 7.22. The molecule has 1 aliphatic rings. The fraction of sp³-hybridized carbons (Fsp3) is 0.467. The molecule has 2 aromatic rings. The van der Waals surface area contributed by atoms with E-state index in [1.54, 1.807) is 19.1 Å². The monoisotopic (exact) mass is 289 g/mol. The summed E-state index contributed by atoms with van der Waals surface area (Å²) < 4.78 is 10.3. The predicted molar refractivity (Wildman–Crippen MR) is 78.1 cm³/mol. The van der Waals surface area contributed by atoms with Gasteiger partial charge in [-0.1, -0.05) is 0 Å². The Balaban J connectivity index is 1.77. The summed E-state index contributed by atoms with van der Waals surface area (Å²) in [6.07, 6.45) is 0. The number of ether oxygens (including phenoxy) is 2. The molecule has 0 saturated carbocycles. The number of nitrogens with one attached hydrogen (secondary N) is 1. The number of esters is 1. The highest BCUT2D eigenvalue weighted by Crippen LogP contribution is 2.16. The smallest absolute Gasteiger partial charge is 0.338 e. The maximum atomic E-state index is 11.7. The number of rotatable bonds is 4. The summed E-state index contributed by atoms with van der Waals surface area (Å²) in [6, 6.07) is 5.39. The number of carbonyl (C=O) groups excluding carboxylic acids is 1. The van der Waals surface area contributed by atoms with Gasteiger partial charge < -0.3 is 14.5 Å². The number of H-pyrrole nitrogens is 1. The van der Waals surface area contributed by atoms with Crippen LogP contribution in [0.5, 0.6) is 0 Å². The topological polar surface area (TPSA) is 67.4 Å². The average Bonchev–Trinajstić information content (AvgIpc) is 2.89. The molecule has 21 heavy (non-hydrogen) atoms. The van der Waals surface area contributed by atoms with Gasteiger partial charge in [0.15, 0.2) is 0 Å². The van der Waals surface area contributed by atoms with Crippen molar-refractivity contribution in [3.63, 3.8) is 0 Å². The minimum atomic E-state index is -0.302. The van der Waals surface area contributed by atoms with Crippen LogP contribution >= 0.6 is 0 Å². The highest BCUT2D eigenvalue weighted by Gasteiger charge is 2.14. The lowest BCUT2D eigenvalue weighted by Gasteiger charge is -2.25. The molecular formula is C15H19N3O3. The Morgan fingerprint density at radius 1 is 1.43 bits per heavy atom. The minimum Gasteiger partial charge on any atom is -0.462 e. The van der Waals surface area contributed by atoms with Crippen LogP contribution in [0.1, 0.15) is 23.1 Å². The van der Waals surface area contributed by atoms with Gasteiger partial charge in [0.1, 0.15) is 5.82 Å². The lowest BCUT2D eigenvalue weighted by molar-refractivity contribution is 0.0332. The van der Waals surface area contributed by atoms with Gasteiger partial charge in [-0.15, -0.1) is 0 Å². The van der Waals surface area contributed by atoms with Gasteiger partial charge in [0.2, 0.25) is 0 Å². The lowest BCUT2D eigenvalue weighted by atomic mass is 10.2. The van der Waals surface area contributed by atoms with Crippen LogP contribution in [0.15, 0.2) is 18.2 Å². The Kier molecular flexibility index (Phi) is 4.17. The number of benzene rings is 1. The number of hydrogen-bond acceptors (Lipinski definition) is 5. The zero-order valence-electron chi connectivity index (χ0n) is 12.1. The molecule has 1 N–H and O–H groups in total. The Labute approximate surface area is 123 Å². The van der Waals surface area contributed by atoms with E-state index in [1.807, 2.05) is 6.07 Å². The molecule has 0 aliphatic carbocycles. The zero-order valence-corrected chi connectivity index (χ0v) is 12.1. The number of fused-ring (bicyclic) bond motifs is 1. The van der Waals surface area contributed by atoms with E-state index in [9.17, 15) is 4.79 Å². The molecule has 1 aromatic heterocycles. The number of aromatic nitrogens is 2. The Bertz CT molecular complexity index is 632. The van der Waals surface area contributed by atoms with Gasteiger partial charge in [0.05, 0.1) is 43.0 Å². The van der Waals surface area contributed by atoms with Gasteiger partial charge in [0, 0.05) is 13.1 Å². The summed E-state index contributed by atoms with van der Waals surface area (Å²) in [7, 11) is 0. The second kappa shape index (κ2) is 6.24. The van der Waals surface area contributed by atoms with Crippen LogP contribution < -0.4 is 0 Å². The van der Waals surface area contributed by atoms with E-state index in [1.165, 1.54) is 0 Å². The van der Waals surface area contributed by atoms with E-state index in [0.29, 0.717) is 12.2 Å². The van der Waals surface area contributed by atoms with Gasteiger partial charge in [-0.3, -0.25) is 4.90 Å². The highest BCUT2D eigenvalue weighted by molar-refractivity contribution is 5.93. The van der Waals surface area contributed by atoms with Crippen molar-refractivity contribution in [3.05, 3.63) is 29.6 Å². The third-order valence-corrected chi connectivity index (χ3v) is 3.52. The molecule has 0 bridgehead atoms. The van der Waals surface area contributed by atoms with Crippen LogP contribution in [0, 0.1) is 0 Å². The Morgan fingerprint density at radius 2 is 2.24 bits per heavy atom. The zero-order chi connectivity index (χ0) is 14.7. The van der Waals surface area contributed by atoms with E-state index in [2.05, 4.69) is 14.9 Å². The standard InChI is InChI=1S/C15H19N3O3/c1-2-21-15(19)11-3-4-12-13(9-11)17-14(16-12)10-18-5-7-20-8-6-18/h3-4,9H,2,5-8,10H2,1H3,(H,16,17). The van der Waals surface area contributed by atoms with E-state index >= 15 is 0 Å². The fourth-order valence-electron chi connectivity index (χ4n) is 2.45. The second-order valence-electron chi connectivity index (χ2n) is 5.02. The number of imidazole rings is 1. The molecule has 6 heteroatoms. The van der Waals surface area contributed by atoms with E-state index in [4.69, 9.17) is 9.47 Å². The summed E-state index contributed by atoms with van der Waals surface area (Å²) >= 11 is 0. The van der Waals surface area contributed by atoms with Crippen molar-refractivity contribution in [2.75, 3.05) is 32.9 Å². The summed E-state index contributed by atoms with van der Waals surface area (Å²) in [5.41, 5.74) is 2.28. The van der Waals surface area contributed by atoms with Gasteiger partial charge in [-0.05, 0) is 25.1 Å². The SMILES string of the molecule is CCOC(=O)c1ccc2nc(CN3CCOCC3)[nH]c2c1. The van der Waals surface area contributed by atoms with E-state index in [-0.39, 0.29) is 5.97 Å². The first-order chi connectivity index (χ1) is 10.3. The van der Waals surface area contributed by atoms with Gasteiger partial charge in [-0.2, -0.15) is 0 Å². The molecule has 6 nitrogen and oxygen atoms in total. The normalized spacial score (nSPS) is 16.2. The molecule has 0 atom stereocenters. The van der Waals surface area contributed by atoms with Crippen LogP contribution in [-0.4, -0.2) is 53.7 Å². The van der Waals surface area contributed by atoms with Gasteiger partial charge in [0.25, 0.3) is 0 Å². The Hall–Kier alpha value is -1.92. The molecule has 2 heterocycles. The molecule has 0 unspecified atom stereocenters. The van der Waals surface area contributed by atoms with Crippen LogP contribution in [-0.2, 0) is 16.0 Å². The minimum absolute atomic E-state index is 0.302. The first kappa shape index (κ1) is 14.0. The highest BCUT2D eigenvalue weighted by atomic mass is 16.5. The third kappa shape index (κ3) is 3.22. The van der Waals surface area contributed by atoms with Crippen molar-refractivity contribution in [1.29, 1.82) is 0 Å². The number of hydrogen-bond donors (Lipinski definition) is 1.